The molecule has 0 fully saturated rings. The third-order valence-electron chi connectivity index (χ3n) is 4.09. The minimum absolute atomic E-state index is 0.172. The number of nitrogens with one attached hydrogen (secondary N) is 1. The van der Waals surface area contributed by atoms with Gasteiger partial charge in [0.15, 0.2) is 0 Å². The van der Waals surface area contributed by atoms with Crippen LogP contribution in [-0.4, -0.2) is 11.8 Å². The first-order chi connectivity index (χ1) is 12.1. The summed E-state index contributed by atoms with van der Waals surface area (Å²) < 4.78 is 5.88. The van der Waals surface area contributed by atoms with E-state index in [0.29, 0.717) is 29.9 Å². The van der Waals surface area contributed by atoms with Gasteiger partial charge in [-0.2, -0.15) is 0 Å². The van der Waals surface area contributed by atoms with E-state index in [1.807, 2.05) is 31.2 Å². The topological polar surface area (TPSA) is 81.4 Å². The maximum Gasteiger partial charge on any atom is 0.255 e. The largest absolute Gasteiger partial charge is 0.461 e. The number of benzene rings is 2. The summed E-state index contributed by atoms with van der Waals surface area (Å²) in [6.45, 7) is 1.97. The number of hydrogen-bond acceptors (Lipinski definition) is 3. The second kappa shape index (κ2) is 7.21. The minimum Gasteiger partial charge on any atom is -0.461 e. The van der Waals surface area contributed by atoms with Crippen molar-refractivity contribution in [1.29, 1.82) is 0 Å². The molecular weight excluding hydrogens is 316 g/mol. The number of allylic oxidation sites excluding steroid dienone is 1. The zero-order valence-corrected chi connectivity index (χ0v) is 14.0. The van der Waals surface area contributed by atoms with Crippen molar-refractivity contribution >= 4 is 17.5 Å². The van der Waals surface area contributed by atoms with E-state index in [0.717, 1.165) is 16.9 Å². The number of hydrogen-bond donors (Lipinski definition) is 2. The highest BCUT2D eigenvalue weighted by Gasteiger charge is 2.23. The Morgan fingerprint density at radius 3 is 2.52 bits per heavy atom. The van der Waals surface area contributed by atoms with Crippen LogP contribution in [0.4, 0.5) is 5.69 Å². The van der Waals surface area contributed by atoms with Gasteiger partial charge in [0.2, 0.25) is 5.91 Å². The van der Waals surface area contributed by atoms with E-state index in [4.69, 9.17) is 10.5 Å². The van der Waals surface area contributed by atoms with Crippen molar-refractivity contribution in [1.82, 2.24) is 0 Å². The zero-order valence-electron chi connectivity index (χ0n) is 14.0. The molecule has 5 heteroatoms. The van der Waals surface area contributed by atoms with Gasteiger partial charge >= 0.3 is 0 Å². The van der Waals surface area contributed by atoms with Gasteiger partial charge in [0.25, 0.3) is 5.91 Å². The van der Waals surface area contributed by atoms with Gasteiger partial charge in [-0.05, 0) is 29.3 Å². The minimum atomic E-state index is -0.382. The van der Waals surface area contributed by atoms with E-state index in [9.17, 15) is 9.59 Å². The van der Waals surface area contributed by atoms with E-state index < -0.39 is 0 Å². The fraction of sp³-hybridized carbons (Fsp3) is 0.200. The molecule has 1 aliphatic rings. The third kappa shape index (κ3) is 3.88. The van der Waals surface area contributed by atoms with Crippen molar-refractivity contribution in [3.8, 4) is 5.75 Å². The first-order valence-electron chi connectivity index (χ1n) is 8.23. The van der Waals surface area contributed by atoms with Gasteiger partial charge in [0.05, 0.1) is 12.0 Å². The van der Waals surface area contributed by atoms with E-state index in [-0.39, 0.29) is 18.2 Å². The molecule has 0 atom stereocenters. The number of ether oxygens (including phenoxy) is 1. The lowest BCUT2D eigenvalue weighted by molar-refractivity contribution is -0.117. The lowest BCUT2D eigenvalue weighted by atomic mass is 9.98. The van der Waals surface area contributed by atoms with Gasteiger partial charge in [0.1, 0.15) is 11.5 Å². The molecule has 2 aromatic carbocycles. The molecule has 0 spiro atoms. The fourth-order valence-electron chi connectivity index (χ4n) is 2.84. The maximum atomic E-state index is 12.7. The number of anilines is 1. The monoisotopic (exact) mass is 336 g/mol. The predicted molar refractivity (Wildman–Crippen MR) is 96.1 cm³/mol. The Morgan fingerprint density at radius 2 is 1.84 bits per heavy atom. The molecular formula is C20H20N2O3. The van der Waals surface area contributed by atoms with Crippen LogP contribution < -0.4 is 15.8 Å². The average Bonchev–Trinajstić information content (AvgIpc) is 2.61. The van der Waals surface area contributed by atoms with Crippen molar-refractivity contribution in [2.24, 2.45) is 5.73 Å². The van der Waals surface area contributed by atoms with Crippen molar-refractivity contribution in [2.45, 2.75) is 26.2 Å². The Balaban J connectivity index is 1.76. The summed E-state index contributed by atoms with van der Waals surface area (Å²) in [5, 5.41) is 2.89. The van der Waals surface area contributed by atoms with Gasteiger partial charge < -0.3 is 15.8 Å². The lowest BCUT2D eigenvalue weighted by Gasteiger charge is -2.22. The van der Waals surface area contributed by atoms with Crippen LogP contribution in [0.15, 0.2) is 59.9 Å². The molecule has 0 bridgehead atoms. The highest BCUT2D eigenvalue weighted by Crippen LogP contribution is 2.31. The Labute approximate surface area is 146 Å². The molecule has 0 aromatic heterocycles. The van der Waals surface area contributed by atoms with Crippen LogP contribution in [0.1, 0.15) is 24.5 Å². The van der Waals surface area contributed by atoms with Crippen LogP contribution in [0.2, 0.25) is 0 Å². The highest BCUT2D eigenvalue weighted by molar-refractivity contribution is 6.04. The van der Waals surface area contributed by atoms with Crippen LogP contribution >= 0.6 is 0 Å². The Bertz CT molecular complexity index is 838. The summed E-state index contributed by atoms with van der Waals surface area (Å²) in [5.41, 5.74) is 8.30. The van der Waals surface area contributed by atoms with Crippen LogP contribution in [0.3, 0.4) is 0 Å². The van der Waals surface area contributed by atoms with Crippen molar-refractivity contribution in [3.05, 3.63) is 71.0 Å². The predicted octanol–water partition coefficient (Wildman–Crippen LogP) is 2.95. The average molecular weight is 336 g/mol. The molecule has 128 valence electrons. The quantitative estimate of drug-likeness (QED) is 0.881. The maximum absolute atomic E-state index is 12.7. The lowest BCUT2D eigenvalue weighted by Crippen LogP contribution is -2.22. The number of rotatable bonds is 5. The first-order valence-corrected chi connectivity index (χ1v) is 8.23. The Kier molecular flexibility index (Phi) is 4.84. The van der Waals surface area contributed by atoms with Crippen LogP contribution in [0.25, 0.3) is 0 Å². The second-order valence-electron chi connectivity index (χ2n) is 5.94. The van der Waals surface area contributed by atoms with Gasteiger partial charge in [-0.1, -0.05) is 37.3 Å². The van der Waals surface area contributed by atoms with Crippen molar-refractivity contribution < 1.29 is 14.3 Å². The summed E-state index contributed by atoms with van der Waals surface area (Å²) in [7, 11) is 0. The van der Waals surface area contributed by atoms with E-state index >= 15 is 0 Å². The number of para-hydroxylation sites is 1. The first kappa shape index (κ1) is 16.8. The van der Waals surface area contributed by atoms with E-state index in [1.165, 1.54) is 0 Å². The standard InChI is InChI=1S/C20H20N2O3/c1-2-17-16(12-14-5-3-4-6-18(14)25-17)20(24)22-15-9-7-13(8-10-15)11-19(21)23/h3-10H,2,11-12H2,1H3,(H2,21,23)(H,22,24). The normalized spacial score (nSPS) is 13.0. The summed E-state index contributed by atoms with van der Waals surface area (Å²) in [5.74, 6) is 0.954. The van der Waals surface area contributed by atoms with Gasteiger partial charge in [-0.25, -0.2) is 0 Å². The molecule has 2 aromatic rings. The Hall–Kier alpha value is -3.08. The molecule has 1 heterocycles. The smallest absolute Gasteiger partial charge is 0.255 e. The molecule has 5 nitrogen and oxygen atoms in total. The number of fused-ring (bicyclic) bond motifs is 1. The fourth-order valence-corrected chi connectivity index (χ4v) is 2.84. The van der Waals surface area contributed by atoms with Crippen LogP contribution in [0, 0.1) is 0 Å². The van der Waals surface area contributed by atoms with E-state index in [1.54, 1.807) is 24.3 Å². The van der Waals surface area contributed by atoms with Crippen LogP contribution in [-0.2, 0) is 22.4 Å². The molecule has 0 aliphatic carbocycles. The molecule has 3 rings (SSSR count). The van der Waals surface area contributed by atoms with Gasteiger partial charge in [-0.15, -0.1) is 0 Å². The zero-order chi connectivity index (χ0) is 17.8. The molecule has 2 amide bonds. The number of amides is 2. The summed E-state index contributed by atoms with van der Waals surface area (Å²) in [6.07, 6.45) is 1.38. The third-order valence-corrected chi connectivity index (χ3v) is 4.09. The number of primary amides is 1. The van der Waals surface area contributed by atoms with Gasteiger partial charge in [0, 0.05) is 18.5 Å². The van der Waals surface area contributed by atoms with E-state index in [2.05, 4.69) is 5.32 Å². The van der Waals surface area contributed by atoms with Crippen molar-refractivity contribution in [2.75, 3.05) is 5.32 Å². The second-order valence-corrected chi connectivity index (χ2v) is 5.94. The molecule has 3 N–H and O–H groups in total. The Morgan fingerprint density at radius 1 is 1.12 bits per heavy atom. The summed E-state index contributed by atoms with van der Waals surface area (Å²) >= 11 is 0. The number of carbonyl (C=O) groups excluding carboxylic acids is 2. The number of nitrogens with two attached hydrogens (primary N) is 1. The van der Waals surface area contributed by atoms with Crippen LogP contribution in [0.5, 0.6) is 5.75 Å². The number of carbonyl (C=O) groups is 2. The summed E-state index contributed by atoms with van der Waals surface area (Å²) in [4.78, 5) is 23.6. The SMILES string of the molecule is CCC1=C(C(=O)Nc2ccc(CC(N)=O)cc2)Cc2ccccc2O1. The molecule has 25 heavy (non-hydrogen) atoms. The molecule has 0 unspecified atom stereocenters. The molecule has 0 radical (unpaired) electrons. The van der Waals surface area contributed by atoms with Gasteiger partial charge in [-0.3, -0.25) is 9.59 Å². The summed E-state index contributed by atoms with van der Waals surface area (Å²) in [6, 6.07) is 14.8. The molecule has 1 aliphatic heterocycles. The molecule has 0 saturated heterocycles. The highest BCUT2D eigenvalue weighted by atomic mass is 16.5. The van der Waals surface area contributed by atoms with Crippen molar-refractivity contribution in [3.63, 3.8) is 0 Å². The molecule has 0 saturated carbocycles.